The van der Waals surface area contributed by atoms with E-state index in [-0.39, 0.29) is 23.2 Å². The second kappa shape index (κ2) is 9.31. The van der Waals surface area contributed by atoms with Gasteiger partial charge in [-0.2, -0.15) is 0 Å². The topological polar surface area (TPSA) is 49.9 Å². The molecule has 29 heavy (non-hydrogen) atoms. The van der Waals surface area contributed by atoms with Crippen LogP contribution in [0.4, 0.5) is 4.39 Å². The van der Waals surface area contributed by atoms with Gasteiger partial charge in [0.2, 0.25) is 5.91 Å². The molecule has 5 nitrogen and oxygen atoms in total. The number of benzene rings is 2. The zero-order valence-corrected chi connectivity index (χ0v) is 17.6. The third kappa shape index (κ3) is 4.90. The molecule has 3 rings (SSSR count). The predicted molar refractivity (Wildman–Crippen MR) is 112 cm³/mol. The van der Waals surface area contributed by atoms with Gasteiger partial charge in [-0.1, -0.05) is 18.2 Å². The van der Waals surface area contributed by atoms with Gasteiger partial charge in [0.25, 0.3) is 5.91 Å². The molecular formula is C22H25FN2O3S. The lowest BCUT2D eigenvalue weighted by Crippen LogP contribution is -2.43. The number of carbonyl (C=O) groups excluding carboxylic acids is 2. The van der Waals surface area contributed by atoms with Crippen molar-refractivity contribution >= 4 is 23.6 Å². The Labute approximate surface area is 174 Å². The van der Waals surface area contributed by atoms with Crippen LogP contribution < -0.4 is 4.74 Å². The Morgan fingerprint density at radius 1 is 1.28 bits per heavy atom. The lowest BCUT2D eigenvalue weighted by molar-refractivity contribution is -0.128. The van der Waals surface area contributed by atoms with Gasteiger partial charge < -0.3 is 14.5 Å². The van der Waals surface area contributed by atoms with Crippen molar-refractivity contribution in [3.63, 3.8) is 0 Å². The van der Waals surface area contributed by atoms with Gasteiger partial charge in [-0.15, -0.1) is 11.8 Å². The summed E-state index contributed by atoms with van der Waals surface area (Å²) in [4.78, 5) is 28.8. The number of amides is 2. The van der Waals surface area contributed by atoms with Crippen LogP contribution >= 0.6 is 11.8 Å². The fourth-order valence-corrected chi connectivity index (χ4v) is 4.56. The summed E-state index contributed by atoms with van der Waals surface area (Å²) >= 11 is 1.57. The monoisotopic (exact) mass is 416 g/mol. The molecule has 1 saturated heterocycles. The van der Waals surface area contributed by atoms with Gasteiger partial charge in [-0.05, 0) is 49.7 Å². The summed E-state index contributed by atoms with van der Waals surface area (Å²) in [5, 5.41) is -0.0910. The second-order valence-electron chi connectivity index (χ2n) is 7.13. The SMILES string of the molecule is COc1ccc([C@@H]2SCC(=O)N2CCN(C(=O)c2cccc(F)c2)C(C)C)cc1. The zero-order chi connectivity index (χ0) is 21.0. The molecule has 0 unspecified atom stereocenters. The molecule has 0 saturated carbocycles. The van der Waals surface area contributed by atoms with E-state index in [0.717, 1.165) is 11.3 Å². The lowest BCUT2D eigenvalue weighted by Gasteiger charge is -2.31. The van der Waals surface area contributed by atoms with Gasteiger partial charge >= 0.3 is 0 Å². The molecular weight excluding hydrogens is 391 g/mol. The standard InChI is InChI=1S/C22H25FN2O3S/c1-15(2)24(21(27)17-5-4-6-18(23)13-17)11-12-25-20(26)14-29-22(25)16-7-9-19(28-3)10-8-16/h4-10,13,15,22H,11-12,14H2,1-3H3/t22-/m0/s1. The number of hydrogen-bond acceptors (Lipinski definition) is 4. The summed E-state index contributed by atoms with van der Waals surface area (Å²) in [6.07, 6.45) is 0. The number of hydrogen-bond donors (Lipinski definition) is 0. The summed E-state index contributed by atoms with van der Waals surface area (Å²) in [5.74, 6) is 0.556. The lowest BCUT2D eigenvalue weighted by atomic mass is 10.1. The summed E-state index contributed by atoms with van der Waals surface area (Å²) in [5.41, 5.74) is 1.33. The van der Waals surface area contributed by atoms with Crippen LogP contribution in [0.2, 0.25) is 0 Å². The average molecular weight is 417 g/mol. The van der Waals surface area contributed by atoms with E-state index in [4.69, 9.17) is 4.74 Å². The van der Waals surface area contributed by atoms with Crippen LogP contribution in [0.3, 0.4) is 0 Å². The van der Waals surface area contributed by atoms with Crippen LogP contribution in [0.5, 0.6) is 5.75 Å². The average Bonchev–Trinajstić information content (AvgIpc) is 3.08. The Morgan fingerprint density at radius 3 is 2.62 bits per heavy atom. The molecule has 2 aromatic rings. The van der Waals surface area contributed by atoms with Gasteiger partial charge in [0.1, 0.15) is 16.9 Å². The Hall–Kier alpha value is -2.54. The minimum absolute atomic E-state index is 0.0535. The Morgan fingerprint density at radius 2 is 2.00 bits per heavy atom. The van der Waals surface area contributed by atoms with Gasteiger partial charge in [0.15, 0.2) is 0 Å². The first-order chi connectivity index (χ1) is 13.9. The maximum absolute atomic E-state index is 13.5. The van der Waals surface area contributed by atoms with Gasteiger partial charge in [-0.3, -0.25) is 9.59 Å². The van der Waals surface area contributed by atoms with E-state index in [0.29, 0.717) is 24.4 Å². The smallest absolute Gasteiger partial charge is 0.254 e. The molecule has 0 spiro atoms. The summed E-state index contributed by atoms with van der Waals surface area (Å²) in [7, 11) is 1.62. The second-order valence-corrected chi connectivity index (χ2v) is 8.19. The van der Waals surface area contributed by atoms with E-state index >= 15 is 0 Å². The first-order valence-corrected chi connectivity index (χ1v) is 10.6. The fraction of sp³-hybridized carbons (Fsp3) is 0.364. The minimum Gasteiger partial charge on any atom is -0.497 e. The van der Waals surface area contributed by atoms with Crippen LogP contribution in [0, 0.1) is 5.82 Å². The zero-order valence-electron chi connectivity index (χ0n) is 16.8. The predicted octanol–water partition coefficient (Wildman–Crippen LogP) is 3.96. The summed E-state index contributed by atoms with van der Waals surface area (Å²) in [6.45, 7) is 4.63. The van der Waals surface area contributed by atoms with E-state index in [1.54, 1.807) is 34.7 Å². The van der Waals surface area contributed by atoms with Crippen molar-refractivity contribution in [1.29, 1.82) is 0 Å². The highest BCUT2D eigenvalue weighted by Gasteiger charge is 2.33. The van der Waals surface area contributed by atoms with E-state index in [9.17, 15) is 14.0 Å². The van der Waals surface area contributed by atoms with Crippen LogP contribution in [0.25, 0.3) is 0 Å². The van der Waals surface area contributed by atoms with E-state index in [1.165, 1.54) is 18.2 Å². The number of ether oxygens (including phenoxy) is 1. The van der Waals surface area contributed by atoms with E-state index in [2.05, 4.69) is 0 Å². The van der Waals surface area contributed by atoms with Crippen molar-refractivity contribution in [2.75, 3.05) is 26.0 Å². The number of rotatable bonds is 7. The van der Waals surface area contributed by atoms with Crippen LogP contribution in [-0.2, 0) is 4.79 Å². The molecule has 2 aromatic carbocycles. The molecule has 7 heteroatoms. The highest BCUT2D eigenvalue weighted by Crippen LogP contribution is 2.38. The third-order valence-corrected chi connectivity index (χ3v) is 6.16. The number of halogens is 1. The molecule has 0 N–H and O–H groups in total. The first kappa shape index (κ1) is 21.2. The maximum atomic E-state index is 13.5. The Kier molecular flexibility index (Phi) is 6.79. The minimum atomic E-state index is -0.440. The summed E-state index contributed by atoms with van der Waals surface area (Å²) < 4.78 is 18.7. The van der Waals surface area contributed by atoms with Crippen molar-refractivity contribution in [2.24, 2.45) is 0 Å². The molecule has 0 bridgehead atoms. The van der Waals surface area contributed by atoms with Crippen molar-refractivity contribution in [3.8, 4) is 5.75 Å². The quantitative estimate of drug-likeness (QED) is 0.686. The highest BCUT2D eigenvalue weighted by molar-refractivity contribution is 8.00. The van der Waals surface area contributed by atoms with Crippen molar-refractivity contribution in [1.82, 2.24) is 9.80 Å². The van der Waals surface area contributed by atoms with E-state index in [1.807, 2.05) is 38.1 Å². The van der Waals surface area contributed by atoms with Gasteiger partial charge in [0, 0.05) is 24.7 Å². The van der Waals surface area contributed by atoms with Crippen LogP contribution in [0.15, 0.2) is 48.5 Å². The molecule has 0 aromatic heterocycles. The number of methoxy groups -OCH3 is 1. The van der Waals surface area contributed by atoms with E-state index < -0.39 is 5.82 Å². The Bertz CT molecular complexity index is 873. The molecule has 1 heterocycles. The first-order valence-electron chi connectivity index (χ1n) is 9.52. The number of thioether (sulfide) groups is 1. The molecule has 1 aliphatic rings. The van der Waals surface area contributed by atoms with Crippen LogP contribution in [0.1, 0.15) is 35.1 Å². The highest BCUT2D eigenvalue weighted by atomic mass is 32.2. The maximum Gasteiger partial charge on any atom is 0.254 e. The molecule has 1 atom stereocenters. The number of carbonyl (C=O) groups is 2. The van der Waals surface area contributed by atoms with Crippen molar-refractivity contribution in [3.05, 3.63) is 65.5 Å². The molecule has 1 fully saturated rings. The van der Waals surface area contributed by atoms with Gasteiger partial charge in [-0.25, -0.2) is 4.39 Å². The molecule has 0 aliphatic carbocycles. The molecule has 0 radical (unpaired) electrons. The third-order valence-electron chi connectivity index (χ3n) is 4.91. The normalized spacial score (nSPS) is 16.4. The van der Waals surface area contributed by atoms with Crippen LogP contribution in [-0.4, -0.2) is 53.6 Å². The Balaban J connectivity index is 1.73. The molecule has 154 valence electrons. The molecule has 2 amide bonds. The summed E-state index contributed by atoms with van der Waals surface area (Å²) in [6, 6.07) is 13.3. The van der Waals surface area contributed by atoms with Crippen molar-refractivity contribution < 1.29 is 18.7 Å². The molecule has 1 aliphatic heterocycles. The fourth-order valence-electron chi connectivity index (χ4n) is 3.34. The van der Waals surface area contributed by atoms with Crippen molar-refractivity contribution in [2.45, 2.75) is 25.3 Å². The largest absolute Gasteiger partial charge is 0.497 e. The van der Waals surface area contributed by atoms with Gasteiger partial charge in [0.05, 0.1) is 12.9 Å². The number of nitrogens with zero attached hydrogens (tertiary/aromatic N) is 2.